The highest BCUT2D eigenvalue weighted by Gasteiger charge is 2.27. The van der Waals surface area contributed by atoms with E-state index < -0.39 is 11.4 Å². The lowest BCUT2D eigenvalue weighted by Gasteiger charge is -2.37. The van der Waals surface area contributed by atoms with Crippen molar-refractivity contribution in [2.75, 3.05) is 50.1 Å². The molecule has 0 radical (unpaired) electrons. The molecule has 1 heterocycles. The van der Waals surface area contributed by atoms with Gasteiger partial charge in [0.2, 0.25) is 0 Å². The molecule has 9 heteroatoms. The summed E-state index contributed by atoms with van der Waals surface area (Å²) in [5, 5.41) is 6.34. The minimum atomic E-state index is -0.546. The Bertz CT molecular complexity index is 1110. The molecule has 208 valence electrons. The molecule has 8 nitrogen and oxygen atoms in total. The first-order valence-corrected chi connectivity index (χ1v) is 13.2. The standard InChI is InChI=1S/C29H41FN4O4/c1-20(2)11-12-31-27(35)23-18-22(32-19-21-7-10-26(37-6)24(30)17-21)8-9-25(23)33-13-15-34(16-14-33)28(36)38-29(3,4)5/h7-10,17-18,20,32H,11-16,19H2,1-6H3,(H,31,35). The van der Waals surface area contributed by atoms with Crippen LogP contribution in [0, 0.1) is 11.7 Å². The van der Waals surface area contributed by atoms with Crippen LogP contribution in [0.4, 0.5) is 20.6 Å². The highest BCUT2D eigenvalue weighted by Crippen LogP contribution is 2.27. The van der Waals surface area contributed by atoms with E-state index in [2.05, 4.69) is 29.4 Å². The number of carbonyl (C=O) groups excluding carboxylic acids is 2. The molecule has 2 amide bonds. The second-order valence-corrected chi connectivity index (χ2v) is 10.9. The minimum Gasteiger partial charge on any atom is -0.494 e. The Morgan fingerprint density at radius 3 is 2.37 bits per heavy atom. The van der Waals surface area contributed by atoms with Gasteiger partial charge in [-0.05, 0) is 69.0 Å². The van der Waals surface area contributed by atoms with Crippen LogP contribution in [0.2, 0.25) is 0 Å². The van der Waals surface area contributed by atoms with Gasteiger partial charge in [0.05, 0.1) is 12.7 Å². The maximum Gasteiger partial charge on any atom is 0.410 e. The Labute approximate surface area is 225 Å². The number of hydrogen-bond donors (Lipinski definition) is 2. The van der Waals surface area contributed by atoms with Crippen LogP contribution >= 0.6 is 0 Å². The van der Waals surface area contributed by atoms with Gasteiger partial charge >= 0.3 is 6.09 Å². The first-order chi connectivity index (χ1) is 18.0. The second-order valence-electron chi connectivity index (χ2n) is 10.9. The smallest absolute Gasteiger partial charge is 0.410 e. The zero-order chi connectivity index (χ0) is 27.9. The molecule has 1 aliphatic rings. The summed E-state index contributed by atoms with van der Waals surface area (Å²) < 4.78 is 24.6. The fourth-order valence-corrected chi connectivity index (χ4v) is 4.15. The van der Waals surface area contributed by atoms with E-state index in [-0.39, 0.29) is 17.7 Å². The van der Waals surface area contributed by atoms with E-state index in [1.165, 1.54) is 13.2 Å². The number of benzene rings is 2. The summed E-state index contributed by atoms with van der Waals surface area (Å²) in [4.78, 5) is 29.6. The van der Waals surface area contributed by atoms with Gasteiger partial charge in [-0.1, -0.05) is 19.9 Å². The van der Waals surface area contributed by atoms with Gasteiger partial charge < -0.3 is 29.9 Å². The number of carbonyl (C=O) groups is 2. The van der Waals surface area contributed by atoms with Crippen molar-refractivity contribution in [2.45, 2.75) is 53.2 Å². The van der Waals surface area contributed by atoms with Gasteiger partial charge in [0, 0.05) is 50.6 Å². The van der Waals surface area contributed by atoms with E-state index in [0.29, 0.717) is 50.7 Å². The number of piperazine rings is 1. The van der Waals surface area contributed by atoms with Crippen molar-refractivity contribution < 1.29 is 23.5 Å². The number of hydrogen-bond acceptors (Lipinski definition) is 6. The number of anilines is 2. The van der Waals surface area contributed by atoms with E-state index in [1.54, 1.807) is 17.0 Å². The summed E-state index contributed by atoms with van der Waals surface area (Å²) in [5.41, 5.74) is 2.35. The SMILES string of the molecule is COc1ccc(CNc2ccc(N3CCN(C(=O)OC(C)(C)C)CC3)c(C(=O)NCCC(C)C)c2)cc1F. The predicted octanol–water partition coefficient (Wildman–Crippen LogP) is 5.28. The van der Waals surface area contributed by atoms with Crippen LogP contribution in [0.5, 0.6) is 5.75 Å². The minimum absolute atomic E-state index is 0.144. The predicted molar refractivity (Wildman–Crippen MR) is 149 cm³/mol. The molecule has 0 atom stereocenters. The van der Waals surface area contributed by atoms with Crippen LogP contribution in [-0.4, -0.2) is 62.3 Å². The summed E-state index contributed by atoms with van der Waals surface area (Å²) in [7, 11) is 1.43. The van der Waals surface area contributed by atoms with Gasteiger partial charge in [0.1, 0.15) is 5.60 Å². The van der Waals surface area contributed by atoms with Gasteiger partial charge in [0.15, 0.2) is 11.6 Å². The van der Waals surface area contributed by atoms with Gasteiger partial charge in [-0.25, -0.2) is 9.18 Å². The van der Waals surface area contributed by atoms with Crippen molar-refractivity contribution in [3.05, 3.63) is 53.3 Å². The van der Waals surface area contributed by atoms with Gasteiger partial charge in [0.25, 0.3) is 5.91 Å². The Hall–Kier alpha value is -3.49. The van der Waals surface area contributed by atoms with Crippen molar-refractivity contribution in [1.29, 1.82) is 0 Å². The monoisotopic (exact) mass is 528 g/mol. The van der Waals surface area contributed by atoms with Crippen LogP contribution in [0.25, 0.3) is 0 Å². The molecule has 1 aliphatic heterocycles. The summed E-state index contributed by atoms with van der Waals surface area (Å²) in [5.74, 6) is 0.117. The molecule has 0 aromatic heterocycles. The molecule has 3 rings (SSSR count). The van der Waals surface area contributed by atoms with Gasteiger partial charge in [-0.3, -0.25) is 4.79 Å². The summed E-state index contributed by atoms with van der Waals surface area (Å²) in [6, 6.07) is 10.5. The quantitative estimate of drug-likeness (QED) is 0.461. The fraction of sp³-hybridized carbons (Fsp3) is 0.517. The molecule has 2 N–H and O–H groups in total. The van der Waals surface area contributed by atoms with Crippen LogP contribution < -0.4 is 20.3 Å². The Morgan fingerprint density at radius 2 is 1.76 bits per heavy atom. The zero-order valence-electron chi connectivity index (χ0n) is 23.4. The molecule has 0 spiro atoms. The molecule has 38 heavy (non-hydrogen) atoms. The number of methoxy groups -OCH3 is 1. The van der Waals surface area contributed by atoms with Crippen molar-refractivity contribution in [3.63, 3.8) is 0 Å². The normalized spacial score (nSPS) is 13.9. The number of nitrogens with zero attached hydrogens (tertiary/aromatic N) is 2. The molecule has 0 bridgehead atoms. The van der Waals surface area contributed by atoms with Crippen molar-refractivity contribution in [3.8, 4) is 5.75 Å². The molecular weight excluding hydrogens is 487 g/mol. The lowest BCUT2D eigenvalue weighted by molar-refractivity contribution is 0.0240. The summed E-state index contributed by atoms with van der Waals surface area (Å²) >= 11 is 0. The number of rotatable bonds is 9. The van der Waals surface area contributed by atoms with Crippen LogP contribution in [0.15, 0.2) is 36.4 Å². The van der Waals surface area contributed by atoms with Crippen LogP contribution in [-0.2, 0) is 11.3 Å². The van der Waals surface area contributed by atoms with Crippen molar-refractivity contribution in [1.82, 2.24) is 10.2 Å². The third kappa shape index (κ3) is 8.26. The first-order valence-electron chi connectivity index (χ1n) is 13.2. The largest absolute Gasteiger partial charge is 0.494 e. The van der Waals surface area contributed by atoms with Crippen molar-refractivity contribution in [2.24, 2.45) is 5.92 Å². The molecular formula is C29H41FN4O4. The average molecular weight is 529 g/mol. The highest BCUT2D eigenvalue weighted by atomic mass is 19.1. The van der Waals surface area contributed by atoms with E-state index in [4.69, 9.17) is 9.47 Å². The fourth-order valence-electron chi connectivity index (χ4n) is 4.15. The lowest BCUT2D eigenvalue weighted by Crippen LogP contribution is -2.50. The third-order valence-electron chi connectivity index (χ3n) is 6.23. The third-order valence-corrected chi connectivity index (χ3v) is 6.23. The van der Waals surface area contributed by atoms with E-state index >= 15 is 0 Å². The van der Waals surface area contributed by atoms with Gasteiger partial charge in [-0.15, -0.1) is 0 Å². The van der Waals surface area contributed by atoms with E-state index in [1.807, 2.05) is 39.0 Å². The Balaban J connectivity index is 1.74. The zero-order valence-corrected chi connectivity index (χ0v) is 23.4. The number of amides is 2. The van der Waals surface area contributed by atoms with E-state index in [9.17, 15) is 14.0 Å². The molecule has 1 fully saturated rings. The second kappa shape index (κ2) is 12.8. The first kappa shape index (κ1) is 29.1. The number of halogens is 1. The topological polar surface area (TPSA) is 83.1 Å². The van der Waals surface area contributed by atoms with Crippen LogP contribution in [0.3, 0.4) is 0 Å². The molecule has 1 saturated heterocycles. The highest BCUT2D eigenvalue weighted by molar-refractivity contribution is 6.01. The maximum atomic E-state index is 14.1. The van der Waals surface area contributed by atoms with Crippen LogP contribution in [0.1, 0.15) is 57.0 Å². The average Bonchev–Trinajstić information content (AvgIpc) is 2.86. The van der Waals surface area contributed by atoms with Gasteiger partial charge in [-0.2, -0.15) is 0 Å². The molecule has 2 aromatic carbocycles. The number of nitrogens with one attached hydrogen (secondary N) is 2. The molecule has 0 unspecified atom stereocenters. The Morgan fingerprint density at radius 1 is 1.05 bits per heavy atom. The molecule has 0 saturated carbocycles. The lowest BCUT2D eigenvalue weighted by atomic mass is 10.1. The number of ether oxygens (including phenoxy) is 2. The molecule has 0 aliphatic carbocycles. The Kier molecular flexibility index (Phi) is 9.83. The maximum absolute atomic E-state index is 14.1. The summed E-state index contributed by atoms with van der Waals surface area (Å²) in [6.45, 7) is 13.0. The molecule has 2 aromatic rings. The van der Waals surface area contributed by atoms with Crippen molar-refractivity contribution >= 4 is 23.4 Å². The van der Waals surface area contributed by atoms with E-state index in [0.717, 1.165) is 23.4 Å². The summed E-state index contributed by atoms with van der Waals surface area (Å²) in [6.07, 6.45) is 0.565.